The van der Waals surface area contributed by atoms with Crippen molar-refractivity contribution in [1.29, 1.82) is 0 Å². The van der Waals surface area contributed by atoms with Crippen LogP contribution in [-0.4, -0.2) is 40.6 Å². The largest absolute Gasteiger partial charge is 0.440 e. The Hall–Kier alpha value is -2.67. The highest BCUT2D eigenvalue weighted by Gasteiger charge is 2.25. The number of piperidine rings is 1. The zero-order valence-corrected chi connectivity index (χ0v) is 14.1. The molecule has 1 aromatic carbocycles. The van der Waals surface area contributed by atoms with Gasteiger partial charge in [-0.3, -0.25) is 15.0 Å². The Morgan fingerprint density at radius 3 is 2.84 bits per heavy atom. The summed E-state index contributed by atoms with van der Waals surface area (Å²) in [4.78, 5) is 18.8. The normalized spacial score (nSPS) is 16.4. The molecule has 0 spiro atoms. The molecule has 0 atom stereocenters. The summed E-state index contributed by atoms with van der Waals surface area (Å²) in [5.74, 6) is 1.42. The third kappa shape index (κ3) is 3.56. The minimum atomic E-state index is -0.0866. The number of rotatable bonds is 4. The Morgan fingerprint density at radius 2 is 2.12 bits per heavy atom. The van der Waals surface area contributed by atoms with E-state index in [1.165, 1.54) is 0 Å². The Bertz CT molecular complexity index is 844. The van der Waals surface area contributed by atoms with Crippen molar-refractivity contribution in [2.45, 2.75) is 25.7 Å². The third-order valence-electron chi connectivity index (χ3n) is 4.51. The lowest BCUT2D eigenvalue weighted by atomic mass is 9.97. The smallest absolute Gasteiger partial charge is 0.240 e. The molecule has 3 heterocycles. The van der Waals surface area contributed by atoms with Gasteiger partial charge in [0.1, 0.15) is 5.52 Å². The van der Waals surface area contributed by atoms with Crippen molar-refractivity contribution >= 4 is 22.9 Å². The second kappa shape index (κ2) is 6.68. The molecule has 25 heavy (non-hydrogen) atoms. The van der Waals surface area contributed by atoms with Crippen molar-refractivity contribution in [3.8, 4) is 0 Å². The Kier molecular flexibility index (Phi) is 4.23. The molecule has 2 aromatic heterocycles. The van der Waals surface area contributed by atoms with E-state index in [1.54, 1.807) is 6.07 Å². The van der Waals surface area contributed by atoms with Crippen molar-refractivity contribution in [2.75, 3.05) is 25.0 Å². The van der Waals surface area contributed by atoms with Crippen LogP contribution in [-0.2, 0) is 4.79 Å². The molecule has 1 amide bonds. The maximum atomic E-state index is 12.1. The third-order valence-corrected chi connectivity index (χ3v) is 4.51. The van der Waals surface area contributed by atoms with Crippen molar-refractivity contribution in [3.05, 3.63) is 41.9 Å². The summed E-state index contributed by atoms with van der Waals surface area (Å²) in [7, 11) is 0. The standard InChI is InChI=1S/C18H20N4O3/c1-12-10-17(25-21-12)20-16(23)11-22-8-6-13(7-9-22)18-19-14-4-2-3-5-15(14)24-18/h2-5,10,13H,6-9,11H2,1H3,(H,20,23). The van der Waals surface area contributed by atoms with E-state index in [0.29, 0.717) is 18.3 Å². The number of oxazole rings is 1. The van der Waals surface area contributed by atoms with Crippen LogP contribution in [0.2, 0.25) is 0 Å². The molecular weight excluding hydrogens is 320 g/mol. The lowest BCUT2D eigenvalue weighted by molar-refractivity contribution is -0.117. The zero-order chi connectivity index (χ0) is 17.2. The molecule has 7 heteroatoms. The highest BCUT2D eigenvalue weighted by Crippen LogP contribution is 2.29. The highest BCUT2D eigenvalue weighted by molar-refractivity contribution is 5.90. The fraction of sp³-hybridized carbons (Fsp3) is 0.389. The van der Waals surface area contributed by atoms with Crippen LogP contribution in [0, 0.1) is 6.92 Å². The van der Waals surface area contributed by atoms with E-state index in [2.05, 4.69) is 20.4 Å². The van der Waals surface area contributed by atoms with Gasteiger partial charge in [-0.05, 0) is 45.0 Å². The molecular formula is C18H20N4O3. The van der Waals surface area contributed by atoms with Gasteiger partial charge in [0, 0.05) is 12.0 Å². The van der Waals surface area contributed by atoms with Crippen molar-refractivity contribution in [1.82, 2.24) is 15.0 Å². The van der Waals surface area contributed by atoms with Gasteiger partial charge in [-0.1, -0.05) is 17.3 Å². The van der Waals surface area contributed by atoms with Crippen LogP contribution in [0.1, 0.15) is 30.3 Å². The molecule has 0 radical (unpaired) electrons. The van der Waals surface area contributed by atoms with Gasteiger partial charge >= 0.3 is 0 Å². The SMILES string of the molecule is Cc1cc(NC(=O)CN2CCC(c3nc4ccccc4o3)CC2)on1. The van der Waals surface area contributed by atoms with Gasteiger partial charge in [-0.15, -0.1) is 0 Å². The van der Waals surface area contributed by atoms with E-state index in [9.17, 15) is 4.79 Å². The van der Waals surface area contributed by atoms with E-state index < -0.39 is 0 Å². The van der Waals surface area contributed by atoms with Crippen LogP contribution < -0.4 is 5.32 Å². The Morgan fingerprint density at radius 1 is 1.32 bits per heavy atom. The molecule has 1 saturated heterocycles. The molecule has 1 fully saturated rings. The average Bonchev–Trinajstić information content (AvgIpc) is 3.21. The minimum Gasteiger partial charge on any atom is -0.440 e. The van der Waals surface area contributed by atoms with Gasteiger partial charge in [0.15, 0.2) is 11.5 Å². The number of likely N-dealkylation sites (tertiary alicyclic amines) is 1. The molecule has 0 saturated carbocycles. The van der Waals surface area contributed by atoms with E-state index in [4.69, 9.17) is 8.94 Å². The number of hydrogen-bond acceptors (Lipinski definition) is 6. The number of carbonyl (C=O) groups is 1. The zero-order valence-electron chi connectivity index (χ0n) is 14.1. The number of aryl methyl sites for hydroxylation is 1. The van der Waals surface area contributed by atoms with Crippen LogP contribution in [0.5, 0.6) is 0 Å². The molecule has 1 N–H and O–H groups in total. The first kappa shape index (κ1) is 15.8. The molecule has 1 aliphatic heterocycles. The summed E-state index contributed by atoms with van der Waals surface area (Å²) in [6, 6.07) is 9.53. The van der Waals surface area contributed by atoms with Gasteiger partial charge in [0.05, 0.1) is 12.2 Å². The van der Waals surface area contributed by atoms with Gasteiger partial charge < -0.3 is 8.94 Å². The molecule has 1 aliphatic rings. The first-order chi connectivity index (χ1) is 12.2. The molecule has 130 valence electrons. The molecule has 7 nitrogen and oxygen atoms in total. The maximum Gasteiger partial charge on any atom is 0.240 e. The lowest BCUT2D eigenvalue weighted by Crippen LogP contribution is -2.38. The molecule has 0 unspecified atom stereocenters. The summed E-state index contributed by atoms with van der Waals surface area (Å²) >= 11 is 0. The topological polar surface area (TPSA) is 84.4 Å². The quantitative estimate of drug-likeness (QED) is 0.786. The maximum absolute atomic E-state index is 12.1. The molecule has 0 bridgehead atoms. The van der Waals surface area contributed by atoms with Crippen LogP contribution in [0.25, 0.3) is 11.1 Å². The molecule has 4 rings (SSSR count). The number of nitrogens with one attached hydrogen (secondary N) is 1. The van der Waals surface area contributed by atoms with E-state index >= 15 is 0 Å². The fourth-order valence-electron chi connectivity index (χ4n) is 3.21. The molecule has 0 aliphatic carbocycles. The van der Waals surface area contributed by atoms with Gasteiger partial charge in [0.2, 0.25) is 11.8 Å². The monoisotopic (exact) mass is 340 g/mol. The minimum absolute atomic E-state index is 0.0866. The highest BCUT2D eigenvalue weighted by atomic mass is 16.5. The number of benzene rings is 1. The molecule has 3 aromatic rings. The lowest BCUT2D eigenvalue weighted by Gasteiger charge is -2.29. The average molecular weight is 340 g/mol. The number of amides is 1. The van der Waals surface area contributed by atoms with Gasteiger partial charge in [0.25, 0.3) is 0 Å². The van der Waals surface area contributed by atoms with E-state index in [-0.39, 0.29) is 5.91 Å². The predicted octanol–water partition coefficient (Wildman–Crippen LogP) is 2.94. The number of aromatic nitrogens is 2. The van der Waals surface area contributed by atoms with Crippen molar-refractivity contribution in [3.63, 3.8) is 0 Å². The Balaban J connectivity index is 1.31. The number of anilines is 1. The van der Waals surface area contributed by atoms with E-state index in [1.807, 2.05) is 31.2 Å². The van der Waals surface area contributed by atoms with Crippen LogP contribution in [0.3, 0.4) is 0 Å². The first-order valence-electron chi connectivity index (χ1n) is 8.48. The second-order valence-electron chi connectivity index (χ2n) is 6.45. The number of hydrogen-bond donors (Lipinski definition) is 1. The number of fused-ring (bicyclic) bond motifs is 1. The second-order valence-corrected chi connectivity index (χ2v) is 6.45. The van der Waals surface area contributed by atoms with Crippen LogP contribution in [0.15, 0.2) is 39.3 Å². The summed E-state index contributed by atoms with van der Waals surface area (Å²) in [5, 5.41) is 6.49. The van der Waals surface area contributed by atoms with Crippen molar-refractivity contribution < 1.29 is 13.7 Å². The predicted molar refractivity (Wildman–Crippen MR) is 92.3 cm³/mol. The van der Waals surface area contributed by atoms with E-state index in [0.717, 1.165) is 48.6 Å². The fourth-order valence-corrected chi connectivity index (χ4v) is 3.21. The number of para-hydroxylation sites is 2. The van der Waals surface area contributed by atoms with Crippen LogP contribution in [0.4, 0.5) is 5.88 Å². The summed E-state index contributed by atoms with van der Waals surface area (Å²) < 4.78 is 10.9. The summed E-state index contributed by atoms with van der Waals surface area (Å²) in [6.07, 6.45) is 1.86. The van der Waals surface area contributed by atoms with Crippen molar-refractivity contribution in [2.24, 2.45) is 0 Å². The summed E-state index contributed by atoms with van der Waals surface area (Å²) in [5.41, 5.74) is 2.48. The number of carbonyl (C=O) groups excluding carboxylic acids is 1. The summed E-state index contributed by atoms with van der Waals surface area (Å²) in [6.45, 7) is 3.84. The number of nitrogens with zero attached hydrogens (tertiary/aromatic N) is 3. The Labute approximate surface area is 145 Å². The van der Waals surface area contributed by atoms with Gasteiger partial charge in [-0.25, -0.2) is 4.98 Å². The first-order valence-corrected chi connectivity index (χ1v) is 8.48. The van der Waals surface area contributed by atoms with Gasteiger partial charge in [-0.2, -0.15) is 0 Å². The van der Waals surface area contributed by atoms with Crippen LogP contribution >= 0.6 is 0 Å².